The fourth-order valence-corrected chi connectivity index (χ4v) is 2.00. The average Bonchev–Trinajstić information content (AvgIpc) is 2.46. The minimum atomic E-state index is -0.451. The summed E-state index contributed by atoms with van der Waals surface area (Å²) in [4.78, 5) is 19.1. The number of piperazine rings is 1. The number of aromatic nitrogens is 1. The normalized spacial score (nSPS) is 15.3. The number of anilines is 1. The van der Waals surface area contributed by atoms with Crippen molar-refractivity contribution in [2.24, 2.45) is 0 Å². The number of hydrogen-bond donors (Lipinski definition) is 1. The van der Waals surface area contributed by atoms with E-state index in [0.29, 0.717) is 37.6 Å². The first-order chi connectivity index (χ1) is 8.76. The Labute approximate surface area is 105 Å². The highest BCUT2D eigenvalue weighted by Gasteiger charge is 2.22. The van der Waals surface area contributed by atoms with Gasteiger partial charge in [-0.15, -0.1) is 0 Å². The van der Waals surface area contributed by atoms with E-state index in [2.05, 4.69) is 11.1 Å². The first kappa shape index (κ1) is 12.3. The average molecular weight is 246 g/mol. The number of rotatable bonds is 2. The van der Waals surface area contributed by atoms with Crippen LogP contribution in [0.3, 0.4) is 0 Å². The van der Waals surface area contributed by atoms with Crippen LogP contribution in [0.1, 0.15) is 5.56 Å². The molecule has 0 atom stereocenters. The third kappa shape index (κ3) is 2.41. The molecule has 0 aliphatic carbocycles. The van der Waals surface area contributed by atoms with Crippen molar-refractivity contribution in [3.63, 3.8) is 0 Å². The quantitative estimate of drug-likeness (QED) is 0.767. The summed E-state index contributed by atoms with van der Waals surface area (Å²) in [5.74, 6) is 0.410. The van der Waals surface area contributed by atoms with Crippen LogP contribution in [0.4, 0.5) is 5.82 Å². The van der Waals surface area contributed by atoms with Gasteiger partial charge in [-0.1, -0.05) is 0 Å². The van der Waals surface area contributed by atoms with Gasteiger partial charge in [0.2, 0.25) is 5.91 Å². The van der Waals surface area contributed by atoms with Crippen LogP contribution in [-0.4, -0.2) is 53.7 Å². The first-order valence-electron chi connectivity index (χ1n) is 5.75. The molecule has 1 N–H and O–H groups in total. The Balaban J connectivity index is 2.06. The molecule has 1 fully saturated rings. The highest BCUT2D eigenvalue weighted by Crippen LogP contribution is 2.17. The smallest absolute Gasteiger partial charge is 0.248 e. The summed E-state index contributed by atoms with van der Waals surface area (Å²) in [5.41, 5.74) is 0.541. The van der Waals surface area contributed by atoms with Gasteiger partial charge in [0.15, 0.2) is 0 Å². The van der Waals surface area contributed by atoms with Crippen molar-refractivity contribution in [1.29, 1.82) is 5.26 Å². The molecule has 1 aliphatic heterocycles. The molecule has 6 nitrogen and oxygen atoms in total. The van der Waals surface area contributed by atoms with Crippen LogP contribution < -0.4 is 4.90 Å². The number of carbonyl (C=O) groups excluding carboxylic acids is 1. The van der Waals surface area contributed by atoms with Gasteiger partial charge in [-0.2, -0.15) is 5.26 Å². The zero-order valence-electron chi connectivity index (χ0n) is 9.91. The van der Waals surface area contributed by atoms with Gasteiger partial charge < -0.3 is 14.9 Å². The van der Waals surface area contributed by atoms with E-state index in [1.54, 1.807) is 23.2 Å². The van der Waals surface area contributed by atoms with Crippen LogP contribution in [0.15, 0.2) is 18.3 Å². The molecule has 1 aromatic heterocycles. The van der Waals surface area contributed by atoms with Crippen molar-refractivity contribution in [3.05, 3.63) is 23.9 Å². The number of nitrogens with zero attached hydrogens (tertiary/aromatic N) is 4. The maximum atomic E-state index is 11.3. The molecule has 2 heterocycles. The van der Waals surface area contributed by atoms with Gasteiger partial charge in [0.25, 0.3) is 0 Å². The standard InChI is InChI=1S/C12H14N4O2/c13-8-10-2-1-3-14-12(10)16-6-4-15(5-7-16)11(18)9-17/h1-3,17H,4-7,9H2. The molecule has 0 unspecified atom stereocenters. The van der Waals surface area contributed by atoms with Crippen LogP contribution in [0.5, 0.6) is 0 Å². The van der Waals surface area contributed by atoms with E-state index in [1.807, 2.05) is 4.90 Å². The minimum absolute atomic E-state index is 0.254. The molecular weight excluding hydrogens is 232 g/mol. The molecule has 1 aliphatic rings. The molecule has 94 valence electrons. The van der Waals surface area contributed by atoms with Gasteiger partial charge in [-0.3, -0.25) is 4.79 Å². The lowest BCUT2D eigenvalue weighted by atomic mass is 10.2. The largest absolute Gasteiger partial charge is 0.387 e. The number of nitriles is 1. The number of hydrogen-bond acceptors (Lipinski definition) is 5. The Kier molecular flexibility index (Phi) is 3.75. The van der Waals surface area contributed by atoms with Crippen molar-refractivity contribution in [2.75, 3.05) is 37.7 Å². The Morgan fingerprint density at radius 3 is 2.78 bits per heavy atom. The van der Waals surface area contributed by atoms with Crippen molar-refractivity contribution < 1.29 is 9.90 Å². The van der Waals surface area contributed by atoms with E-state index in [0.717, 1.165) is 0 Å². The molecule has 0 saturated carbocycles. The molecule has 0 radical (unpaired) electrons. The van der Waals surface area contributed by atoms with Crippen LogP contribution in [0.25, 0.3) is 0 Å². The lowest BCUT2D eigenvalue weighted by Crippen LogP contribution is -2.50. The van der Waals surface area contributed by atoms with Gasteiger partial charge in [-0.05, 0) is 12.1 Å². The van der Waals surface area contributed by atoms with Crippen LogP contribution >= 0.6 is 0 Å². The summed E-state index contributed by atoms with van der Waals surface area (Å²) in [7, 11) is 0. The van der Waals surface area contributed by atoms with E-state index in [9.17, 15) is 4.79 Å². The second-order valence-corrected chi connectivity index (χ2v) is 4.01. The predicted molar refractivity (Wildman–Crippen MR) is 64.8 cm³/mol. The van der Waals surface area contributed by atoms with Gasteiger partial charge in [0.1, 0.15) is 18.5 Å². The SMILES string of the molecule is N#Cc1cccnc1N1CCN(C(=O)CO)CC1. The second-order valence-electron chi connectivity index (χ2n) is 4.01. The monoisotopic (exact) mass is 246 g/mol. The molecule has 2 rings (SSSR count). The van der Waals surface area contributed by atoms with Gasteiger partial charge in [0.05, 0.1) is 5.56 Å². The summed E-state index contributed by atoms with van der Waals surface area (Å²) >= 11 is 0. The summed E-state index contributed by atoms with van der Waals surface area (Å²) in [6.07, 6.45) is 1.65. The van der Waals surface area contributed by atoms with Crippen molar-refractivity contribution in [3.8, 4) is 6.07 Å². The molecule has 1 saturated heterocycles. The fraction of sp³-hybridized carbons (Fsp3) is 0.417. The second kappa shape index (κ2) is 5.47. The van der Waals surface area contributed by atoms with E-state index >= 15 is 0 Å². The third-order valence-corrected chi connectivity index (χ3v) is 2.97. The van der Waals surface area contributed by atoms with E-state index < -0.39 is 6.61 Å². The maximum absolute atomic E-state index is 11.3. The molecule has 6 heteroatoms. The van der Waals surface area contributed by atoms with Crippen LogP contribution in [0.2, 0.25) is 0 Å². The number of carbonyl (C=O) groups is 1. The van der Waals surface area contributed by atoms with E-state index in [-0.39, 0.29) is 5.91 Å². The third-order valence-electron chi connectivity index (χ3n) is 2.97. The number of pyridine rings is 1. The summed E-state index contributed by atoms with van der Waals surface area (Å²) in [6.45, 7) is 1.88. The lowest BCUT2D eigenvalue weighted by molar-refractivity contribution is -0.134. The Bertz CT molecular complexity index is 475. The number of aliphatic hydroxyl groups is 1. The first-order valence-corrected chi connectivity index (χ1v) is 5.75. The number of amides is 1. The lowest BCUT2D eigenvalue weighted by Gasteiger charge is -2.35. The zero-order valence-corrected chi connectivity index (χ0v) is 9.91. The fourth-order valence-electron chi connectivity index (χ4n) is 2.00. The summed E-state index contributed by atoms with van der Waals surface area (Å²) < 4.78 is 0. The molecule has 1 amide bonds. The molecule has 0 spiro atoms. The molecule has 0 aromatic carbocycles. The Morgan fingerprint density at radius 1 is 1.44 bits per heavy atom. The van der Waals surface area contributed by atoms with Gasteiger partial charge in [0, 0.05) is 32.4 Å². The maximum Gasteiger partial charge on any atom is 0.248 e. The van der Waals surface area contributed by atoms with Crippen molar-refractivity contribution in [2.45, 2.75) is 0 Å². The number of aliphatic hydroxyl groups excluding tert-OH is 1. The van der Waals surface area contributed by atoms with E-state index in [4.69, 9.17) is 10.4 Å². The molecule has 0 bridgehead atoms. The van der Waals surface area contributed by atoms with Gasteiger partial charge in [-0.25, -0.2) is 4.98 Å². The minimum Gasteiger partial charge on any atom is -0.387 e. The Hall–Kier alpha value is -2.13. The summed E-state index contributed by atoms with van der Waals surface area (Å²) in [5, 5.41) is 17.8. The topological polar surface area (TPSA) is 80.5 Å². The van der Waals surface area contributed by atoms with Gasteiger partial charge >= 0.3 is 0 Å². The highest BCUT2D eigenvalue weighted by atomic mass is 16.3. The zero-order chi connectivity index (χ0) is 13.0. The molecule has 1 aromatic rings. The predicted octanol–water partition coefficient (Wildman–Crippen LogP) is -0.406. The van der Waals surface area contributed by atoms with Crippen molar-refractivity contribution in [1.82, 2.24) is 9.88 Å². The summed E-state index contributed by atoms with van der Waals surface area (Å²) in [6, 6.07) is 5.57. The van der Waals surface area contributed by atoms with Crippen molar-refractivity contribution >= 4 is 11.7 Å². The van der Waals surface area contributed by atoms with Crippen LogP contribution in [-0.2, 0) is 4.79 Å². The van der Waals surface area contributed by atoms with Crippen LogP contribution in [0, 0.1) is 11.3 Å². The Morgan fingerprint density at radius 2 is 2.17 bits per heavy atom. The molecular formula is C12H14N4O2. The highest BCUT2D eigenvalue weighted by molar-refractivity contribution is 5.77. The molecule has 18 heavy (non-hydrogen) atoms. The van der Waals surface area contributed by atoms with E-state index in [1.165, 1.54) is 0 Å².